The molecule has 0 aliphatic heterocycles. The van der Waals surface area contributed by atoms with Gasteiger partial charge in [0.05, 0.1) is 6.04 Å². The van der Waals surface area contributed by atoms with Crippen LogP contribution in [0.25, 0.3) is 11.3 Å². The van der Waals surface area contributed by atoms with Crippen LogP contribution in [0.2, 0.25) is 0 Å². The minimum absolute atomic E-state index is 0.0886. The number of likely N-dealkylation sites (N-methyl/N-ethyl adjacent to an activating group) is 1. The Balaban J connectivity index is 1.67. The molecule has 0 saturated heterocycles. The van der Waals surface area contributed by atoms with Crippen molar-refractivity contribution in [2.45, 2.75) is 6.04 Å². The lowest BCUT2D eigenvalue weighted by molar-refractivity contribution is 0.0933. The highest BCUT2D eigenvalue weighted by Crippen LogP contribution is 2.20. The van der Waals surface area contributed by atoms with E-state index >= 15 is 0 Å². The Kier molecular flexibility index (Phi) is 5.26. The van der Waals surface area contributed by atoms with Crippen molar-refractivity contribution in [1.29, 1.82) is 0 Å². The maximum Gasteiger partial charge on any atom is 0.273 e. The van der Waals surface area contributed by atoms with E-state index in [-0.39, 0.29) is 17.6 Å². The molecule has 0 bridgehead atoms. The van der Waals surface area contributed by atoms with Gasteiger partial charge in [0, 0.05) is 18.2 Å². The fourth-order valence-electron chi connectivity index (χ4n) is 2.67. The van der Waals surface area contributed by atoms with Crippen LogP contribution in [0.1, 0.15) is 22.1 Å². The molecule has 5 nitrogen and oxygen atoms in total. The van der Waals surface area contributed by atoms with E-state index in [1.807, 2.05) is 62.6 Å². The first-order valence-electron chi connectivity index (χ1n) is 8.17. The van der Waals surface area contributed by atoms with Gasteiger partial charge in [0.15, 0.2) is 11.5 Å². The molecule has 3 aromatic rings. The van der Waals surface area contributed by atoms with Crippen molar-refractivity contribution >= 4 is 5.91 Å². The molecule has 5 heteroatoms. The molecule has 1 N–H and O–H groups in total. The average Bonchev–Trinajstić information content (AvgIpc) is 3.13. The molecule has 0 radical (unpaired) electrons. The summed E-state index contributed by atoms with van der Waals surface area (Å²) in [4.78, 5) is 14.5. The van der Waals surface area contributed by atoms with Crippen molar-refractivity contribution in [3.63, 3.8) is 0 Å². The van der Waals surface area contributed by atoms with Gasteiger partial charge in [-0.1, -0.05) is 65.8 Å². The number of hydrogen-bond donors (Lipinski definition) is 1. The van der Waals surface area contributed by atoms with Gasteiger partial charge in [0.25, 0.3) is 5.91 Å². The number of rotatable bonds is 6. The predicted molar refractivity (Wildman–Crippen MR) is 97.1 cm³/mol. The highest BCUT2D eigenvalue weighted by atomic mass is 16.5. The highest BCUT2D eigenvalue weighted by Gasteiger charge is 2.18. The summed E-state index contributed by atoms with van der Waals surface area (Å²) in [5.41, 5.74) is 2.33. The van der Waals surface area contributed by atoms with Crippen LogP contribution in [0.5, 0.6) is 0 Å². The topological polar surface area (TPSA) is 58.4 Å². The fraction of sp³-hybridized carbons (Fsp3) is 0.200. The molecular weight excluding hydrogens is 314 g/mol. The molecule has 1 heterocycles. The molecule has 0 unspecified atom stereocenters. The SMILES string of the molecule is CN(C)[C@H](CNC(=O)c1cc(-c2ccccc2)on1)c1ccccc1. The Morgan fingerprint density at radius 1 is 1.08 bits per heavy atom. The van der Waals surface area contributed by atoms with E-state index in [4.69, 9.17) is 4.52 Å². The molecule has 0 spiro atoms. The smallest absolute Gasteiger partial charge is 0.273 e. The summed E-state index contributed by atoms with van der Waals surface area (Å²) in [6.07, 6.45) is 0. The van der Waals surface area contributed by atoms with Crippen LogP contribution in [0.3, 0.4) is 0 Å². The third-order valence-electron chi connectivity index (χ3n) is 4.06. The number of carbonyl (C=O) groups is 1. The van der Waals surface area contributed by atoms with Gasteiger partial charge in [-0.15, -0.1) is 0 Å². The summed E-state index contributed by atoms with van der Waals surface area (Å²) in [6, 6.07) is 21.4. The molecule has 0 aliphatic rings. The number of hydrogen-bond acceptors (Lipinski definition) is 4. The molecule has 3 rings (SSSR count). The second kappa shape index (κ2) is 7.77. The van der Waals surface area contributed by atoms with E-state index in [0.29, 0.717) is 12.3 Å². The molecular formula is C20H21N3O2. The van der Waals surface area contributed by atoms with Crippen LogP contribution in [0.4, 0.5) is 0 Å². The van der Waals surface area contributed by atoms with Crippen molar-refractivity contribution in [2.24, 2.45) is 0 Å². The predicted octanol–water partition coefficient (Wildman–Crippen LogP) is 3.37. The standard InChI is InChI=1S/C20H21N3O2/c1-23(2)18(15-9-5-3-6-10-15)14-21-20(24)17-13-19(25-22-17)16-11-7-4-8-12-16/h3-13,18H,14H2,1-2H3,(H,21,24)/t18-/m1/s1. The third kappa shape index (κ3) is 4.14. The zero-order valence-corrected chi connectivity index (χ0v) is 14.3. The molecule has 0 saturated carbocycles. The molecule has 1 aromatic heterocycles. The second-order valence-corrected chi connectivity index (χ2v) is 6.04. The summed E-state index contributed by atoms with van der Waals surface area (Å²) in [5.74, 6) is 0.340. The first kappa shape index (κ1) is 16.9. The van der Waals surface area contributed by atoms with Crippen molar-refractivity contribution in [3.05, 3.63) is 78.0 Å². The van der Waals surface area contributed by atoms with E-state index in [2.05, 4.69) is 27.5 Å². The molecule has 1 atom stereocenters. The number of amides is 1. The Labute approximate surface area is 147 Å². The van der Waals surface area contributed by atoms with E-state index < -0.39 is 0 Å². The molecule has 25 heavy (non-hydrogen) atoms. The van der Waals surface area contributed by atoms with Crippen LogP contribution in [-0.4, -0.2) is 36.6 Å². The van der Waals surface area contributed by atoms with Gasteiger partial charge in [-0.25, -0.2) is 0 Å². The minimum Gasteiger partial charge on any atom is -0.355 e. The second-order valence-electron chi connectivity index (χ2n) is 6.04. The Hall–Kier alpha value is -2.92. The largest absolute Gasteiger partial charge is 0.355 e. The number of aromatic nitrogens is 1. The van der Waals surface area contributed by atoms with Gasteiger partial charge in [0.2, 0.25) is 0 Å². The minimum atomic E-state index is -0.242. The Morgan fingerprint density at radius 3 is 2.36 bits per heavy atom. The quantitative estimate of drug-likeness (QED) is 0.750. The van der Waals surface area contributed by atoms with Crippen molar-refractivity contribution in [3.8, 4) is 11.3 Å². The number of nitrogens with zero attached hydrogens (tertiary/aromatic N) is 2. The van der Waals surface area contributed by atoms with Crippen LogP contribution < -0.4 is 5.32 Å². The monoisotopic (exact) mass is 335 g/mol. The molecule has 128 valence electrons. The number of benzene rings is 2. The molecule has 1 amide bonds. The van der Waals surface area contributed by atoms with E-state index in [9.17, 15) is 4.79 Å². The summed E-state index contributed by atoms with van der Waals surface area (Å²) >= 11 is 0. The Morgan fingerprint density at radius 2 is 1.72 bits per heavy atom. The van der Waals surface area contributed by atoms with Gasteiger partial charge in [-0.3, -0.25) is 4.79 Å². The molecule has 2 aromatic carbocycles. The first-order chi connectivity index (χ1) is 12.1. The van der Waals surface area contributed by atoms with Gasteiger partial charge in [-0.2, -0.15) is 0 Å². The maximum absolute atomic E-state index is 12.4. The van der Waals surface area contributed by atoms with Gasteiger partial charge >= 0.3 is 0 Å². The van der Waals surface area contributed by atoms with E-state index in [1.54, 1.807) is 6.07 Å². The normalized spacial score (nSPS) is 12.1. The first-order valence-corrected chi connectivity index (χ1v) is 8.17. The molecule has 0 aliphatic carbocycles. The zero-order valence-electron chi connectivity index (χ0n) is 14.3. The summed E-state index contributed by atoms with van der Waals surface area (Å²) < 4.78 is 5.29. The van der Waals surface area contributed by atoms with Gasteiger partial charge in [0.1, 0.15) is 0 Å². The van der Waals surface area contributed by atoms with E-state index in [1.165, 1.54) is 0 Å². The van der Waals surface area contributed by atoms with Crippen molar-refractivity contribution in [1.82, 2.24) is 15.4 Å². The van der Waals surface area contributed by atoms with Crippen LogP contribution in [-0.2, 0) is 0 Å². The number of nitrogens with one attached hydrogen (secondary N) is 1. The fourth-order valence-corrected chi connectivity index (χ4v) is 2.67. The van der Waals surface area contributed by atoms with Crippen molar-refractivity contribution in [2.75, 3.05) is 20.6 Å². The maximum atomic E-state index is 12.4. The average molecular weight is 335 g/mol. The summed E-state index contributed by atoms with van der Waals surface area (Å²) in [7, 11) is 3.99. The number of carbonyl (C=O) groups excluding carboxylic acids is 1. The van der Waals surface area contributed by atoms with Gasteiger partial charge in [-0.05, 0) is 19.7 Å². The Bertz CT molecular complexity index is 813. The summed E-state index contributed by atoms with van der Waals surface area (Å²) in [5, 5.41) is 6.83. The van der Waals surface area contributed by atoms with E-state index in [0.717, 1.165) is 11.1 Å². The lowest BCUT2D eigenvalue weighted by Gasteiger charge is -2.24. The third-order valence-corrected chi connectivity index (χ3v) is 4.06. The lowest BCUT2D eigenvalue weighted by Crippen LogP contribution is -2.34. The summed E-state index contributed by atoms with van der Waals surface area (Å²) in [6.45, 7) is 0.489. The van der Waals surface area contributed by atoms with Crippen LogP contribution >= 0.6 is 0 Å². The van der Waals surface area contributed by atoms with Crippen LogP contribution in [0.15, 0.2) is 71.3 Å². The zero-order chi connectivity index (χ0) is 17.6. The highest BCUT2D eigenvalue weighted by molar-refractivity contribution is 5.93. The van der Waals surface area contributed by atoms with Gasteiger partial charge < -0.3 is 14.7 Å². The van der Waals surface area contributed by atoms with Crippen LogP contribution in [0, 0.1) is 0 Å². The lowest BCUT2D eigenvalue weighted by atomic mass is 10.1. The molecule has 0 fully saturated rings. The van der Waals surface area contributed by atoms with Crippen molar-refractivity contribution < 1.29 is 9.32 Å².